The minimum Gasteiger partial charge on any atom is -0.493 e. The fourth-order valence-corrected chi connectivity index (χ4v) is 1.39. The number of nitrogens with zero attached hydrogens (tertiary/aromatic N) is 2. The summed E-state index contributed by atoms with van der Waals surface area (Å²) in [5.74, 6) is 0.312. The molecule has 0 aromatic heterocycles. The van der Waals surface area contributed by atoms with E-state index in [2.05, 4.69) is 5.16 Å². The summed E-state index contributed by atoms with van der Waals surface area (Å²) < 4.78 is 10.4. The molecule has 98 valence electrons. The predicted molar refractivity (Wildman–Crippen MR) is 64.8 cm³/mol. The lowest BCUT2D eigenvalue weighted by Crippen LogP contribution is -2.03. The summed E-state index contributed by atoms with van der Waals surface area (Å²) in [6.45, 7) is 2.25. The number of nitro benzene ring substituents is 1. The van der Waals surface area contributed by atoms with E-state index >= 15 is 0 Å². The van der Waals surface area contributed by atoms with Gasteiger partial charge in [0.05, 0.1) is 24.9 Å². The van der Waals surface area contributed by atoms with Gasteiger partial charge >= 0.3 is 5.69 Å². The Morgan fingerprint density at radius 1 is 1.56 bits per heavy atom. The molecule has 0 aliphatic heterocycles. The average Bonchev–Trinajstić information content (AvgIpc) is 2.36. The molecule has 0 aliphatic carbocycles. The van der Waals surface area contributed by atoms with Gasteiger partial charge < -0.3 is 14.7 Å². The van der Waals surface area contributed by atoms with Crippen LogP contribution in [-0.4, -0.2) is 30.1 Å². The molecule has 0 amide bonds. The van der Waals surface area contributed by atoms with Gasteiger partial charge in [0.1, 0.15) is 0 Å². The summed E-state index contributed by atoms with van der Waals surface area (Å²) in [5, 5.41) is 22.3. The second-order valence-corrected chi connectivity index (χ2v) is 3.42. The molecule has 18 heavy (non-hydrogen) atoms. The molecule has 0 heterocycles. The fourth-order valence-electron chi connectivity index (χ4n) is 1.39. The molecule has 7 heteroatoms. The van der Waals surface area contributed by atoms with Crippen LogP contribution in [0, 0.1) is 10.1 Å². The molecule has 0 aliphatic rings. The van der Waals surface area contributed by atoms with Gasteiger partial charge in [-0.3, -0.25) is 10.1 Å². The van der Waals surface area contributed by atoms with Crippen molar-refractivity contribution in [1.82, 2.24) is 0 Å². The smallest absolute Gasteiger partial charge is 0.315 e. The van der Waals surface area contributed by atoms with Gasteiger partial charge in [-0.2, -0.15) is 0 Å². The van der Waals surface area contributed by atoms with Crippen LogP contribution >= 0.6 is 0 Å². The highest BCUT2D eigenvalue weighted by atomic mass is 16.6. The van der Waals surface area contributed by atoms with Crippen molar-refractivity contribution in [3.8, 4) is 11.5 Å². The Labute approximate surface area is 104 Å². The highest BCUT2D eigenvalue weighted by Gasteiger charge is 2.21. The second kappa shape index (κ2) is 6.43. The van der Waals surface area contributed by atoms with Crippen LogP contribution in [0.1, 0.15) is 18.9 Å². The third kappa shape index (κ3) is 3.09. The quantitative estimate of drug-likeness (QED) is 0.363. The van der Waals surface area contributed by atoms with E-state index in [9.17, 15) is 10.1 Å². The number of hydrogen-bond donors (Lipinski definition) is 1. The summed E-state index contributed by atoms with van der Waals surface area (Å²) in [6, 6.07) is 2.75. The molecular weight excluding hydrogens is 240 g/mol. The number of methoxy groups -OCH3 is 1. The summed E-state index contributed by atoms with van der Waals surface area (Å²) in [7, 11) is 1.39. The highest BCUT2D eigenvalue weighted by Crippen LogP contribution is 2.38. The molecular formula is C11H14N2O5. The Morgan fingerprint density at radius 3 is 2.78 bits per heavy atom. The number of nitro groups is 1. The van der Waals surface area contributed by atoms with Crippen LogP contribution in [0.5, 0.6) is 11.5 Å². The van der Waals surface area contributed by atoms with Crippen molar-refractivity contribution >= 4 is 11.9 Å². The molecule has 0 unspecified atom stereocenters. The number of benzene rings is 1. The molecule has 0 atom stereocenters. The molecule has 0 saturated heterocycles. The topological polar surface area (TPSA) is 94.2 Å². The first-order valence-corrected chi connectivity index (χ1v) is 5.30. The van der Waals surface area contributed by atoms with E-state index in [0.717, 1.165) is 12.6 Å². The minimum absolute atomic E-state index is 0.0828. The van der Waals surface area contributed by atoms with Gasteiger partial charge in [-0.1, -0.05) is 12.1 Å². The van der Waals surface area contributed by atoms with Crippen molar-refractivity contribution in [2.24, 2.45) is 5.16 Å². The number of hydrogen-bond acceptors (Lipinski definition) is 6. The molecule has 1 aromatic rings. The molecule has 1 rings (SSSR count). The molecule has 0 saturated carbocycles. The predicted octanol–water partition coefficient (Wildman–Crippen LogP) is 2.20. The van der Waals surface area contributed by atoms with Gasteiger partial charge in [0.15, 0.2) is 5.75 Å². The lowest BCUT2D eigenvalue weighted by molar-refractivity contribution is -0.386. The van der Waals surface area contributed by atoms with E-state index in [4.69, 9.17) is 14.7 Å². The third-order valence-electron chi connectivity index (χ3n) is 2.13. The largest absolute Gasteiger partial charge is 0.493 e. The van der Waals surface area contributed by atoms with Crippen LogP contribution in [0.4, 0.5) is 5.69 Å². The van der Waals surface area contributed by atoms with E-state index < -0.39 is 4.92 Å². The van der Waals surface area contributed by atoms with Crippen LogP contribution in [0.3, 0.4) is 0 Å². The third-order valence-corrected chi connectivity index (χ3v) is 2.13. The van der Waals surface area contributed by atoms with Crippen molar-refractivity contribution in [3.05, 3.63) is 27.8 Å². The molecule has 0 spiro atoms. The fraction of sp³-hybridized carbons (Fsp3) is 0.364. The molecule has 0 bridgehead atoms. The zero-order valence-electron chi connectivity index (χ0n) is 10.1. The molecule has 7 nitrogen and oxygen atoms in total. The second-order valence-electron chi connectivity index (χ2n) is 3.42. The van der Waals surface area contributed by atoms with Crippen molar-refractivity contribution in [2.75, 3.05) is 13.7 Å². The van der Waals surface area contributed by atoms with Gasteiger partial charge in [0.25, 0.3) is 0 Å². The first-order chi connectivity index (χ1) is 8.63. The standard InChI is InChI=1S/C11H14N2O5/c1-3-4-18-11-9(13(15)16)5-8(7-12-14)6-10(11)17-2/h5-7,14H,3-4H2,1-2H3/b12-7-. The van der Waals surface area contributed by atoms with Crippen molar-refractivity contribution in [2.45, 2.75) is 13.3 Å². The minimum atomic E-state index is -0.567. The lowest BCUT2D eigenvalue weighted by Gasteiger charge is -2.10. The van der Waals surface area contributed by atoms with Gasteiger partial charge in [-0.25, -0.2) is 0 Å². The Morgan fingerprint density at radius 2 is 2.28 bits per heavy atom. The van der Waals surface area contributed by atoms with Crippen LogP contribution in [-0.2, 0) is 0 Å². The van der Waals surface area contributed by atoms with E-state index in [0.29, 0.717) is 12.2 Å². The SMILES string of the molecule is CCCOc1c(OC)cc(/C=N\O)cc1[N+](=O)[O-]. The molecule has 1 aromatic carbocycles. The number of oxime groups is 1. The van der Waals surface area contributed by atoms with Crippen molar-refractivity contribution in [3.63, 3.8) is 0 Å². The molecule has 0 radical (unpaired) electrons. The highest BCUT2D eigenvalue weighted by molar-refractivity contribution is 5.82. The molecule has 1 N–H and O–H groups in total. The normalized spacial score (nSPS) is 10.6. The van der Waals surface area contributed by atoms with Gasteiger partial charge in [0, 0.05) is 11.6 Å². The summed E-state index contributed by atoms with van der Waals surface area (Å²) >= 11 is 0. The first kappa shape index (κ1) is 13.8. The lowest BCUT2D eigenvalue weighted by atomic mass is 10.2. The Bertz CT molecular complexity index is 459. The van der Waals surface area contributed by atoms with Gasteiger partial charge in [0.2, 0.25) is 5.75 Å². The summed E-state index contributed by atoms with van der Waals surface area (Å²) in [4.78, 5) is 10.4. The van der Waals surface area contributed by atoms with Crippen LogP contribution in [0.2, 0.25) is 0 Å². The molecule has 0 fully saturated rings. The van der Waals surface area contributed by atoms with Crippen LogP contribution in [0.25, 0.3) is 0 Å². The summed E-state index contributed by atoms with van der Waals surface area (Å²) in [5.41, 5.74) is 0.127. The number of rotatable bonds is 6. The van der Waals surface area contributed by atoms with E-state index in [1.54, 1.807) is 0 Å². The maximum Gasteiger partial charge on any atom is 0.315 e. The number of ether oxygens (including phenoxy) is 2. The average molecular weight is 254 g/mol. The van der Waals surface area contributed by atoms with Crippen LogP contribution in [0.15, 0.2) is 17.3 Å². The maximum absolute atomic E-state index is 11.0. The Hall–Kier alpha value is -2.31. The monoisotopic (exact) mass is 254 g/mol. The van der Waals surface area contributed by atoms with Gasteiger partial charge in [-0.05, 0) is 12.5 Å². The van der Waals surface area contributed by atoms with E-state index in [1.165, 1.54) is 19.2 Å². The summed E-state index contributed by atoms with van der Waals surface area (Å²) in [6.07, 6.45) is 1.80. The van der Waals surface area contributed by atoms with E-state index in [1.807, 2.05) is 6.92 Å². The van der Waals surface area contributed by atoms with Crippen LogP contribution < -0.4 is 9.47 Å². The zero-order chi connectivity index (χ0) is 13.5. The van der Waals surface area contributed by atoms with E-state index in [-0.39, 0.29) is 17.2 Å². The van der Waals surface area contributed by atoms with Gasteiger partial charge in [-0.15, -0.1) is 0 Å². The first-order valence-electron chi connectivity index (χ1n) is 5.30. The zero-order valence-corrected chi connectivity index (χ0v) is 10.1. The van der Waals surface area contributed by atoms with Crippen molar-refractivity contribution in [1.29, 1.82) is 0 Å². The Kier molecular flexibility index (Phi) is 4.91. The van der Waals surface area contributed by atoms with Crippen molar-refractivity contribution < 1.29 is 19.6 Å². The maximum atomic E-state index is 11.0. The Balaban J connectivity index is 3.31.